The van der Waals surface area contributed by atoms with Crippen LogP contribution in [-0.4, -0.2) is 18.4 Å². The first-order valence-corrected chi connectivity index (χ1v) is 7.88. The molecule has 0 bridgehead atoms. The Morgan fingerprint density at radius 1 is 0.917 bits per heavy atom. The number of nitrogens with one attached hydrogen (secondary N) is 2. The zero-order valence-electron chi connectivity index (χ0n) is 14.2. The third-order valence-electron chi connectivity index (χ3n) is 3.52. The van der Waals surface area contributed by atoms with Crippen molar-refractivity contribution in [3.8, 4) is 5.75 Å². The number of ether oxygens (including phenoxy) is 1. The normalized spacial score (nSPS) is 10.1. The molecule has 0 saturated carbocycles. The topological polar surface area (TPSA) is 67.4 Å². The van der Waals surface area contributed by atoms with E-state index in [9.17, 15) is 9.59 Å². The fourth-order valence-corrected chi connectivity index (χ4v) is 2.35. The second-order valence-electron chi connectivity index (χ2n) is 5.50. The molecule has 2 aromatic carbocycles. The van der Waals surface area contributed by atoms with Crippen LogP contribution in [0.2, 0.25) is 0 Å². The Labute approximate surface area is 142 Å². The van der Waals surface area contributed by atoms with E-state index in [1.807, 2.05) is 39.0 Å². The van der Waals surface area contributed by atoms with E-state index in [1.54, 1.807) is 24.3 Å². The molecule has 24 heavy (non-hydrogen) atoms. The molecule has 2 N–H and O–H groups in total. The van der Waals surface area contributed by atoms with Crippen LogP contribution in [-0.2, 0) is 9.59 Å². The van der Waals surface area contributed by atoms with Gasteiger partial charge in [0, 0.05) is 11.4 Å². The Kier molecular flexibility index (Phi) is 5.95. The smallest absolute Gasteiger partial charge is 0.233 e. The second-order valence-corrected chi connectivity index (χ2v) is 5.50. The molecule has 0 radical (unpaired) electrons. The van der Waals surface area contributed by atoms with Crippen LogP contribution in [0.25, 0.3) is 0 Å². The van der Waals surface area contributed by atoms with Gasteiger partial charge in [0.1, 0.15) is 12.2 Å². The zero-order valence-corrected chi connectivity index (χ0v) is 14.2. The highest BCUT2D eigenvalue weighted by atomic mass is 16.5. The first kappa shape index (κ1) is 17.5. The molecular formula is C19H22N2O3. The molecule has 0 aliphatic carbocycles. The quantitative estimate of drug-likeness (QED) is 0.796. The molecule has 0 aliphatic rings. The van der Waals surface area contributed by atoms with Crippen molar-refractivity contribution in [1.82, 2.24) is 0 Å². The lowest BCUT2D eigenvalue weighted by molar-refractivity contribution is -0.123. The summed E-state index contributed by atoms with van der Waals surface area (Å²) in [5, 5.41) is 5.50. The van der Waals surface area contributed by atoms with E-state index in [0.29, 0.717) is 12.3 Å². The number of para-hydroxylation sites is 1. The molecule has 0 saturated heterocycles. The lowest BCUT2D eigenvalue weighted by atomic mass is 10.1. The minimum absolute atomic E-state index is 0.235. The van der Waals surface area contributed by atoms with Crippen molar-refractivity contribution in [2.24, 2.45) is 0 Å². The molecule has 0 fully saturated rings. The predicted molar refractivity (Wildman–Crippen MR) is 95.4 cm³/mol. The van der Waals surface area contributed by atoms with Gasteiger partial charge in [-0.25, -0.2) is 0 Å². The SMILES string of the molecule is CCOc1ccc(NC(=O)CC(=O)Nc2c(C)cccc2C)cc1. The van der Waals surface area contributed by atoms with E-state index in [4.69, 9.17) is 4.74 Å². The molecule has 0 spiro atoms. The van der Waals surface area contributed by atoms with Gasteiger partial charge in [0.25, 0.3) is 0 Å². The maximum Gasteiger partial charge on any atom is 0.233 e. The Morgan fingerprint density at radius 2 is 1.50 bits per heavy atom. The maximum atomic E-state index is 12.1. The van der Waals surface area contributed by atoms with E-state index in [0.717, 1.165) is 22.6 Å². The summed E-state index contributed by atoms with van der Waals surface area (Å²) in [6.07, 6.45) is -0.235. The molecule has 5 heteroatoms. The highest BCUT2D eigenvalue weighted by molar-refractivity contribution is 6.08. The third-order valence-corrected chi connectivity index (χ3v) is 3.52. The van der Waals surface area contributed by atoms with Crippen molar-refractivity contribution in [2.45, 2.75) is 27.2 Å². The summed E-state index contributed by atoms with van der Waals surface area (Å²) >= 11 is 0. The van der Waals surface area contributed by atoms with E-state index in [-0.39, 0.29) is 18.2 Å². The molecule has 2 rings (SSSR count). The predicted octanol–water partition coefficient (Wildman–Crippen LogP) is 3.67. The summed E-state index contributed by atoms with van der Waals surface area (Å²) < 4.78 is 5.34. The van der Waals surface area contributed by atoms with Gasteiger partial charge in [-0.1, -0.05) is 18.2 Å². The molecule has 0 unspecified atom stereocenters. The minimum Gasteiger partial charge on any atom is -0.494 e. The van der Waals surface area contributed by atoms with Crippen LogP contribution >= 0.6 is 0 Å². The number of anilines is 2. The van der Waals surface area contributed by atoms with Gasteiger partial charge in [-0.05, 0) is 56.2 Å². The van der Waals surface area contributed by atoms with Crippen LogP contribution in [0.1, 0.15) is 24.5 Å². The molecular weight excluding hydrogens is 304 g/mol. The number of carbonyl (C=O) groups excluding carboxylic acids is 2. The standard InChI is InChI=1S/C19H22N2O3/c1-4-24-16-10-8-15(9-11-16)20-17(22)12-18(23)21-19-13(2)6-5-7-14(19)3/h5-11H,4,12H2,1-3H3,(H,20,22)(H,21,23). The van der Waals surface area contributed by atoms with Gasteiger partial charge in [-0.2, -0.15) is 0 Å². The van der Waals surface area contributed by atoms with Gasteiger partial charge in [0.05, 0.1) is 6.61 Å². The summed E-state index contributed by atoms with van der Waals surface area (Å²) in [5.74, 6) is 0.0435. The largest absolute Gasteiger partial charge is 0.494 e. The molecule has 2 aromatic rings. The number of benzene rings is 2. The van der Waals surface area contributed by atoms with E-state index >= 15 is 0 Å². The van der Waals surface area contributed by atoms with Gasteiger partial charge < -0.3 is 15.4 Å². The molecule has 0 aliphatic heterocycles. The summed E-state index contributed by atoms with van der Waals surface area (Å²) in [6.45, 7) is 6.33. The fourth-order valence-electron chi connectivity index (χ4n) is 2.35. The van der Waals surface area contributed by atoms with E-state index in [1.165, 1.54) is 0 Å². The first-order chi connectivity index (χ1) is 11.5. The monoisotopic (exact) mass is 326 g/mol. The molecule has 0 aromatic heterocycles. The Bertz CT molecular complexity index is 704. The lowest BCUT2D eigenvalue weighted by Crippen LogP contribution is -2.22. The maximum absolute atomic E-state index is 12.1. The van der Waals surface area contributed by atoms with Crippen molar-refractivity contribution < 1.29 is 14.3 Å². The van der Waals surface area contributed by atoms with Crippen LogP contribution in [0, 0.1) is 13.8 Å². The molecule has 0 heterocycles. The summed E-state index contributed by atoms with van der Waals surface area (Å²) in [5.41, 5.74) is 3.32. The van der Waals surface area contributed by atoms with Gasteiger partial charge in [-0.15, -0.1) is 0 Å². The van der Waals surface area contributed by atoms with E-state index in [2.05, 4.69) is 10.6 Å². The summed E-state index contributed by atoms with van der Waals surface area (Å²) in [4.78, 5) is 24.1. The number of hydrogen-bond donors (Lipinski definition) is 2. The Balaban J connectivity index is 1.91. The van der Waals surface area contributed by atoms with Crippen molar-refractivity contribution >= 4 is 23.2 Å². The van der Waals surface area contributed by atoms with Crippen molar-refractivity contribution in [3.05, 3.63) is 53.6 Å². The van der Waals surface area contributed by atoms with Gasteiger partial charge in [0.15, 0.2) is 0 Å². The highest BCUT2D eigenvalue weighted by Gasteiger charge is 2.12. The third kappa shape index (κ3) is 4.84. The first-order valence-electron chi connectivity index (χ1n) is 7.88. The average molecular weight is 326 g/mol. The molecule has 126 valence electrons. The Hall–Kier alpha value is -2.82. The second kappa shape index (κ2) is 8.15. The fraction of sp³-hybridized carbons (Fsp3) is 0.263. The van der Waals surface area contributed by atoms with Gasteiger partial charge in [0.2, 0.25) is 11.8 Å². The number of carbonyl (C=O) groups is 2. The summed E-state index contributed by atoms with van der Waals surface area (Å²) in [7, 11) is 0. The van der Waals surface area contributed by atoms with Gasteiger partial charge in [-0.3, -0.25) is 9.59 Å². The number of aryl methyl sites for hydroxylation is 2. The van der Waals surface area contributed by atoms with E-state index < -0.39 is 0 Å². The number of hydrogen-bond acceptors (Lipinski definition) is 3. The minimum atomic E-state index is -0.358. The zero-order chi connectivity index (χ0) is 17.5. The molecule has 2 amide bonds. The number of rotatable bonds is 6. The van der Waals surface area contributed by atoms with Crippen LogP contribution in [0.5, 0.6) is 5.75 Å². The lowest BCUT2D eigenvalue weighted by Gasteiger charge is -2.11. The van der Waals surface area contributed by atoms with Crippen LogP contribution in [0.4, 0.5) is 11.4 Å². The molecule has 0 atom stereocenters. The van der Waals surface area contributed by atoms with Crippen LogP contribution < -0.4 is 15.4 Å². The van der Waals surface area contributed by atoms with Crippen LogP contribution in [0.15, 0.2) is 42.5 Å². The highest BCUT2D eigenvalue weighted by Crippen LogP contribution is 2.20. The average Bonchev–Trinajstić information content (AvgIpc) is 2.53. The Morgan fingerprint density at radius 3 is 2.08 bits per heavy atom. The number of amides is 2. The summed E-state index contributed by atoms with van der Waals surface area (Å²) in [6, 6.07) is 12.8. The van der Waals surface area contributed by atoms with Crippen LogP contribution in [0.3, 0.4) is 0 Å². The van der Waals surface area contributed by atoms with Gasteiger partial charge >= 0.3 is 0 Å². The molecule has 5 nitrogen and oxygen atoms in total. The van der Waals surface area contributed by atoms with Crippen molar-refractivity contribution in [3.63, 3.8) is 0 Å². The van der Waals surface area contributed by atoms with Crippen molar-refractivity contribution in [1.29, 1.82) is 0 Å². The van der Waals surface area contributed by atoms with Crippen molar-refractivity contribution in [2.75, 3.05) is 17.2 Å².